The maximum atomic E-state index is 15.2. The van der Waals surface area contributed by atoms with Gasteiger partial charge in [0.2, 0.25) is 5.60 Å². The Hall–Kier alpha value is -3.70. The topological polar surface area (TPSA) is 105 Å². The van der Waals surface area contributed by atoms with Crippen molar-refractivity contribution in [2.45, 2.75) is 43.8 Å². The molecular weight excluding hydrogens is 549 g/mol. The highest BCUT2D eigenvalue weighted by Crippen LogP contribution is 2.46. The Labute approximate surface area is 233 Å². The number of carbonyl (C=O) groups excluding carboxylic acids is 2. The van der Waals surface area contributed by atoms with Crippen molar-refractivity contribution in [2.24, 2.45) is 5.92 Å². The molecule has 1 aliphatic heterocycles. The molecule has 3 aromatic rings. The van der Waals surface area contributed by atoms with Gasteiger partial charge in [-0.1, -0.05) is 29.8 Å². The van der Waals surface area contributed by atoms with Crippen LogP contribution >= 0.6 is 11.6 Å². The number of alkyl halides is 2. The van der Waals surface area contributed by atoms with Crippen molar-refractivity contribution in [1.82, 2.24) is 15.3 Å². The van der Waals surface area contributed by atoms with Gasteiger partial charge in [-0.05, 0) is 43.7 Å². The molecule has 5 rings (SSSR count). The zero-order valence-electron chi connectivity index (χ0n) is 21.4. The summed E-state index contributed by atoms with van der Waals surface area (Å²) in [7, 11) is 1.28. The Morgan fingerprint density at radius 1 is 1.23 bits per heavy atom. The van der Waals surface area contributed by atoms with Crippen molar-refractivity contribution in [2.75, 3.05) is 18.6 Å². The number of carbonyl (C=O) groups is 2. The van der Waals surface area contributed by atoms with Gasteiger partial charge in [0, 0.05) is 36.6 Å². The van der Waals surface area contributed by atoms with Gasteiger partial charge in [-0.25, -0.2) is 13.2 Å². The first kappa shape index (κ1) is 27.9. The van der Waals surface area contributed by atoms with E-state index in [2.05, 4.69) is 15.3 Å². The number of anilines is 1. The van der Waals surface area contributed by atoms with Crippen LogP contribution < -0.4 is 15.0 Å². The molecule has 2 amide bonds. The number of rotatable bonds is 7. The number of benzene rings is 1. The van der Waals surface area contributed by atoms with Crippen molar-refractivity contribution in [3.8, 4) is 5.75 Å². The lowest BCUT2D eigenvalue weighted by molar-refractivity contribution is -0.132. The summed E-state index contributed by atoms with van der Waals surface area (Å²) in [5.74, 6) is -2.43. The van der Waals surface area contributed by atoms with Crippen molar-refractivity contribution >= 4 is 29.1 Å². The molecule has 0 bridgehead atoms. The van der Waals surface area contributed by atoms with E-state index >= 15 is 4.39 Å². The van der Waals surface area contributed by atoms with Crippen molar-refractivity contribution in [1.29, 1.82) is 0 Å². The van der Waals surface area contributed by atoms with E-state index in [-0.39, 0.29) is 40.4 Å². The first-order valence-corrected chi connectivity index (χ1v) is 13.1. The number of halogens is 4. The molecule has 1 aliphatic carbocycles. The predicted molar refractivity (Wildman–Crippen MR) is 140 cm³/mol. The lowest BCUT2D eigenvalue weighted by Gasteiger charge is -2.32. The van der Waals surface area contributed by atoms with Crippen LogP contribution in [0.4, 0.5) is 18.9 Å². The molecule has 3 heterocycles. The number of hydrogen-bond acceptors (Lipinski definition) is 6. The number of pyridine rings is 2. The number of fused-ring (bicyclic) bond motifs is 1. The van der Waals surface area contributed by atoms with Crippen molar-refractivity contribution < 1.29 is 32.6 Å². The number of amides is 2. The summed E-state index contributed by atoms with van der Waals surface area (Å²) in [6.07, 6.45) is 1.76. The molecule has 2 aromatic heterocycles. The molecule has 1 aromatic carbocycles. The first-order chi connectivity index (χ1) is 19.1. The van der Waals surface area contributed by atoms with E-state index in [9.17, 15) is 23.5 Å². The van der Waals surface area contributed by atoms with Gasteiger partial charge < -0.3 is 20.1 Å². The molecule has 0 spiro atoms. The van der Waals surface area contributed by atoms with E-state index in [1.807, 2.05) is 0 Å². The fourth-order valence-electron chi connectivity index (χ4n) is 5.50. The Balaban J connectivity index is 1.29. The highest BCUT2D eigenvalue weighted by molar-refractivity contribution is 6.30. The molecule has 2 aliphatic rings. The molecule has 12 heteroatoms. The maximum Gasteiger partial charge on any atom is 0.281 e. The SMILES string of the molecule is COc1ccnc(C2(O)C(=O)N(CC3CCC(NC(=O)c4cc(Cl)cnc4C(F)F)CC3)c3ccccc32)c1F. The van der Waals surface area contributed by atoms with Gasteiger partial charge in [-0.2, -0.15) is 0 Å². The zero-order valence-corrected chi connectivity index (χ0v) is 22.2. The Bertz CT molecular complexity index is 1450. The molecule has 2 N–H and O–H groups in total. The average molecular weight is 575 g/mol. The van der Waals surface area contributed by atoms with Crippen LogP contribution in [0, 0.1) is 11.7 Å². The number of para-hydroxylation sites is 1. The largest absolute Gasteiger partial charge is 0.494 e. The van der Waals surface area contributed by atoms with Crippen molar-refractivity contribution in [3.05, 3.63) is 82.1 Å². The summed E-state index contributed by atoms with van der Waals surface area (Å²) in [5.41, 5.74) is -2.96. The van der Waals surface area contributed by atoms with E-state index in [1.165, 1.54) is 30.3 Å². The summed E-state index contributed by atoms with van der Waals surface area (Å²) in [5, 5.41) is 14.5. The molecule has 0 saturated heterocycles. The molecule has 1 saturated carbocycles. The molecule has 210 valence electrons. The van der Waals surface area contributed by atoms with Crippen LogP contribution in [0.15, 0.2) is 48.8 Å². The predicted octanol–water partition coefficient (Wildman–Crippen LogP) is 4.79. The number of aliphatic hydroxyl groups is 1. The third-order valence-corrected chi connectivity index (χ3v) is 7.72. The Kier molecular flexibility index (Phi) is 7.70. The van der Waals surface area contributed by atoms with Crippen LogP contribution in [0.2, 0.25) is 5.02 Å². The molecule has 40 heavy (non-hydrogen) atoms. The minimum atomic E-state index is -2.92. The van der Waals surface area contributed by atoms with Crippen LogP contribution in [-0.4, -0.2) is 46.6 Å². The summed E-state index contributed by atoms with van der Waals surface area (Å²) < 4.78 is 46.9. The first-order valence-electron chi connectivity index (χ1n) is 12.7. The number of ether oxygens (including phenoxy) is 1. The van der Waals surface area contributed by atoms with Gasteiger partial charge in [-0.3, -0.25) is 19.6 Å². The lowest BCUT2D eigenvalue weighted by atomic mass is 9.85. The minimum Gasteiger partial charge on any atom is -0.494 e. The van der Waals surface area contributed by atoms with E-state index in [4.69, 9.17) is 16.3 Å². The second kappa shape index (κ2) is 11.1. The number of nitrogens with one attached hydrogen (secondary N) is 1. The number of nitrogens with zero attached hydrogens (tertiary/aromatic N) is 3. The van der Waals surface area contributed by atoms with Gasteiger partial charge in [0.25, 0.3) is 18.2 Å². The smallest absolute Gasteiger partial charge is 0.281 e. The summed E-state index contributed by atoms with van der Waals surface area (Å²) in [4.78, 5) is 35.5. The van der Waals surface area contributed by atoms with Crippen LogP contribution in [0.5, 0.6) is 5.75 Å². The fourth-order valence-corrected chi connectivity index (χ4v) is 5.66. The van der Waals surface area contributed by atoms with E-state index < -0.39 is 41.0 Å². The molecule has 1 unspecified atom stereocenters. The molecule has 1 atom stereocenters. The van der Waals surface area contributed by atoms with E-state index in [0.29, 0.717) is 31.4 Å². The Morgan fingerprint density at radius 3 is 2.65 bits per heavy atom. The number of aromatic nitrogens is 2. The number of hydrogen-bond donors (Lipinski definition) is 2. The van der Waals surface area contributed by atoms with Gasteiger partial charge in [0.15, 0.2) is 11.6 Å². The fraction of sp³-hybridized carbons (Fsp3) is 0.357. The van der Waals surface area contributed by atoms with Crippen LogP contribution in [0.1, 0.15) is 59.4 Å². The second-order valence-electron chi connectivity index (χ2n) is 9.90. The summed E-state index contributed by atoms with van der Waals surface area (Å²) in [6.45, 7) is 0.262. The molecular formula is C28H26ClF3N4O4. The van der Waals surface area contributed by atoms with Gasteiger partial charge in [0.1, 0.15) is 11.4 Å². The molecule has 8 nitrogen and oxygen atoms in total. The van der Waals surface area contributed by atoms with Crippen molar-refractivity contribution in [3.63, 3.8) is 0 Å². The standard InChI is InChI=1S/C28H26ClF3N4O4/c1-40-21-10-11-33-24(22(21)30)28(39)19-4-2-3-5-20(19)36(27(28)38)14-15-6-8-17(9-7-15)35-26(37)18-12-16(29)13-34-23(18)25(31)32/h2-5,10-13,15,17,25,39H,6-9,14H2,1H3,(H,35,37). The lowest BCUT2D eigenvalue weighted by Crippen LogP contribution is -2.45. The van der Waals surface area contributed by atoms with Gasteiger partial charge >= 0.3 is 0 Å². The third kappa shape index (κ3) is 4.88. The normalized spacial score (nSPS) is 22.4. The highest BCUT2D eigenvalue weighted by atomic mass is 35.5. The van der Waals surface area contributed by atoms with Gasteiger partial charge in [0.05, 0.1) is 23.4 Å². The number of methoxy groups -OCH3 is 1. The zero-order chi connectivity index (χ0) is 28.6. The van der Waals surface area contributed by atoms with E-state index in [1.54, 1.807) is 24.3 Å². The average Bonchev–Trinajstić information content (AvgIpc) is 3.16. The van der Waals surface area contributed by atoms with Crippen LogP contribution in [0.3, 0.4) is 0 Å². The maximum absolute atomic E-state index is 15.2. The van der Waals surface area contributed by atoms with Crippen LogP contribution in [-0.2, 0) is 10.4 Å². The molecule has 1 fully saturated rings. The second-order valence-corrected chi connectivity index (χ2v) is 10.3. The highest BCUT2D eigenvalue weighted by Gasteiger charge is 2.54. The Morgan fingerprint density at radius 2 is 1.95 bits per heavy atom. The molecule has 0 radical (unpaired) electrons. The summed E-state index contributed by atoms with van der Waals surface area (Å²) in [6, 6.07) is 8.86. The monoisotopic (exact) mass is 574 g/mol. The van der Waals surface area contributed by atoms with Gasteiger partial charge in [-0.15, -0.1) is 0 Å². The van der Waals surface area contributed by atoms with E-state index in [0.717, 1.165) is 6.20 Å². The quantitative estimate of drug-likeness (QED) is 0.421. The summed E-state index contributed by atoms with van der Waals surface area (Å²) >= 11 is 5.87. The third-order valence-electron chi connectivity index (χ3n) is 7.51. The van der Waals surface area contributed by atoms with Crippen LogP contribution in [0.25, 0.3) is 0 Å². The minimum absolute atomic E-state index is 0.0140.